The molecule has 0 aliphatic rings. The van der Waals surface area contributed by atoms with Gasteiger partial charge in [-0.1, -0.05) is 255 Å². The lowest BCUT2D eigenvalue weighted by atomic mass is 9.73. The first-order chi connectivity index (χ1) is 40.4. The summed E-state index contributed by atoms with van der Waals surface area (Å²) in [7, 11) is 0. The van der Waals surface area contributed by atoms with E-state index in [9.17, 15) is 20.4 Å². The van der Waals surface area contributed by atoms with Crippen molar-refractivity contribution in [2.24, 2.45) is 0 Å². The van der Waals surface area contributed by atoms with E-state index >= 15 is 0 Å². The standard InChI is InChI=1S/C78H54O4/c79-63-43-35-59(36-44-63)75-69(53-23-11-3-12-24-53)70(54-25-13-4-14-26-54)77(61-39-47-65(81)48-40-61)74(71(75)55-27-15-5-16-28-55)58-33-31-57(32-34-58)73-67(51-19-7-1-8-20-51)68(52-21-9-2-10-22-52)76(60-37-45-64(80)46-38-60)72(56-29-17-6-18-30-56)78(73)62-41-49-66(82)50-42-62/h1-50,79-82H. The van der Waals surface area contributed by atoms with Gasteiger partial charge >= 0.3 is 0 Å². The third kappa shape index (κ3) is 9.55. The van der Waals surface area contributed by atoms with Crippen molar-refractivity contribution in [2.45, 2.75) is 0 Å². The van der Waals surface area contributed by atoms with Gasteiger partial charge in [-0.2, -0.15) is 0 Å². The van der Waals surface area contributed by atoms with Crippen LogP contribution in [0.1, 0.15) is 0 Å². The van der Waals surface area contributed by atoms with E-state index in [1.165, 1.54) is 0 Å². The summed E-state index contributed by atoms with van der Waals surface area (Å²) < 4.78 is 0. The van der Waals surface area contributed by atoms with Crippen LogP contribution in [-0.2, 0) is 0 Å². The smallest absolute Gasteiger partial charge is 0.115 e. The van der Waals surface area contributed by atoms with Crippen molar-refractivity contribution in [2.75, 3.05) is 0 Å². The highest BCUT2D eigenvalue weighted by Gasteiger charge is 2.32. The van der Waals surface area contributed by atoms with Gasteiger partial charge in [-0.15, -0.1) is 0 Å². The van der Waals surface area contributed by atoms with E-state index in [-0.39, 0.29) is 23.0 Å². The predicted octanol–water partition coefficient (Wildman–Crippen LogP) is 20.5. The van der Waals surface area contributed by atoms with Crippen LogP contribution in [-0.4, -0.2) is 20.4 Å². The van der Waals surface area contributed by atoms with Crippen LogP contribution >= 0.6 is 0 Å². The molecule has 4 heteroatoms. The number of benzene rings is 13. The van der Waals surface area contributed by atoms with Crippen molar-refractivity contribution in [3.05, 3.63) is 303 Å². The number of hydrogen-bond donors (Lipinski definition) is 4. The van der Waals surface area contributed by atoms with Crippen molar-refractivity contribution in [3.63, 3.8) is 0 Å². The van der Waals surface area contributed by atoms with Crippen LogP contribution in [0.25, 0.3) is 134 Å². The molecule has 390 valence electrons. The second-order valence-corrected chi connectivity index (χ2v) is 20.5. The van der Waals surface area contributed by atoms with Gasteiger partial charge in [0, 0.05) is 0 Å². The molecule has 4 N–H and O–H groups in total. The number of phenols is 4. The van der Waals surface area contributed by atoms with Gasteiger partial charge in [0.2, 0.25) is 0 Å². The first-order valence-corrected chi connectivity index (χ1v) is 27.5. The van der Waals surface area contributed by atoms with E-state index in [1.54, 1.807) is 48.5 Å². The normalized spacial score (nSPS) is 11.1. The average molecular weight is 1060 g/mol. The average Bonchev–Trinajstić information content (AvgIpc) is 2.96. The van der Waals surface area contributed by atoms with Crippen molar-refractivity contribution >= 4 is 0 Å². The maximum Gasteiger partial charge on any atom is 0.115 e. The first kappa shape index (κ1) is 50.6. The fraction of sp³-hybridized carbons (Fsp3) is 0. The van der Waals surface area contributed by atoms with E-state index in [0.29, 0.717) is 0 Å². The lowest BCUT2D eigenvalue weighted by Crippen LogP contribution is -2.03. The summed E-state index contributed by atoms with van der Waals surface area (Å²) in [6.07, 6.45) is 0. The molecule has 0 atom stereocenters. The van der Waals surface area contributed by atoms with Crippen molar-refractivity contribution < 1.29 is 20.4 Å². The minimum absolute atomic E-state index is 0.164. The summed E-state index contributed by atoms with van der Waals surface area (Å²) in [6, 6.07) is 103. The van der Waals surface area contributed by atoms with Gasteiger partial charge in [0.05, 0.1) is 0 Å². The Morgan fingerprint density at radius 3 is 0.329 bits per heavy atom. The monoisotopic (exact) mass is 1050 g/mol. The minimum Gasteiger partial charge on any atom is -0.508 e. The minimum atomic E-state index is 0.164. The van der Waals surface area contributed by atoms with Crippen molar-refractivity contribution in [1.82, 2.24) is 0 Å². The van der Waals surface area contributed by atoms with Gasteiger partial charge in [-0.3, -0.25) is 0 Å². The Kier molecular flexibility index (Phi) is 13.6. The molecule has 13 aromatic rings. The van der Waals surface area contributed by atoms with Crippen LogP contribution in [0.5, 0.6) is 23.0 Å². The summed E-state index contributed by atoms with van der Waals surface area (Å²) in [6.45, 7) is 0. The lowest BCUT2D eigenvalue weighted by molar-refractivity contribution is 0.475. The molecular weight excluding hydrogens is 1000 g/mol. The number of hydrogen-bond acceptors (Lipinski definition) is 4. The molecule has 0 amide bonds. The van der Waals surface area contributed by atoms with Crippen molar-refractivity contribution in [3.8, 4) is 157 Å². The summed E-state index contributed by atoms with van der Waals surface area (Å²) in [4.78, 5) is 0. The topological polar surface area (TPSA) is 80.9 Å². The molecule has 13 rings (SSSR count). The highest BCUT2D eigenvalue weighted by atomic mass is 16.3. The molecule has 0 aliphatic carbocycles. The second kappa shape index (κ2) is 22.1. The molecule has 4 nitrogen and oxygen atoms in total. The second-order valence-electron chi connectivity index (χ2n) is 20.5. The molecule has 0 aromatic heterocycles. The molecule has 0 fully saturated rings. The Morgan fingerprint density at radius 2 is 0.207 bits per heavy atom. The Hall–Kier alpha value is -10.9. The zero-order valence-corrected chi connectivity index (χ0v) is 44.7. The summed E-state index contributed by atoms with van der Waals surface area (Å²) >= 11 is 0. The molecule has 0 spiro atoms. The van der Waals surface area contributed by atoms with E-state index in [4.69, 9.17) is 0 Å². The third-order valence-corrected chi connectivity index (χ3v) is 15.5. The van der Waals surface area contributed by atoms with Gasteiger partial charge in [0.1, 0.15) is 23.0 Å². The molecule has 0 heterocycles. The van der Waals surface area contributed by atoms with E-state index < -0.39 is 0 Å². The number of rotatable bonds is 12. The van der Waals surface area contributed by atoms with Crippen LogP contribution < -0.4 is 0 Å². The van der Waals surface area contributed by atoms with Crippen LogP contribution in [0, 0.1) is 0 Å². The SMILES string of the molecule is Oc1ccc(-c2c(-c3ccccc3)c(-c3ccccc3)c(-c3ccc(-c4c(-c5ccccc5)c(-c5ccc(O)cc5)c(-c5ccccc5)c(-c5ccccc5)c4-c4ccc(O)cc4)cc3)c(-c3ccc(O)cc3)c2-c2ccccc2)cc1. The molecule has 0 unspecified atom stereocenters. The lowest BCUT2D eigenvalue weighted by Gasteiger charge is -2.30. The zero-order valence-electron chi connectivity index (χ0n) is 44.7. The van der Waals surface area contributed by atoms with Crippen LogP contribution in [0.3, 0.4) is 0 Å². The van der Waals surface area contributed by atoms with E-state index in [1.807, 2.05) is 78.9 Å². The molecule has 0 saturated heterocycles. The Bertz CT molecular complexity index is 4360. The first-order valence-electron chi connectivity index (χ1n) is 27.5. The van der Waals surface area contributed by atoms with Crippen LogP contribution in [0.15, 0.2) is 303 Å². The fourth-order valence-electron chi connectivity index (χ4n) is 11.9. The molecular formula is C78H54O4. The molecule has 82 heavy (non-hydrogen) atoms. The van der Waals surface area contributed by atoms with E-state index in [0.717, 1.165) is 134 Å². The van der Waals surface area contributed by atoms with E-state index in [2.05, 4.69) is 176 Å². The molecule has 13 aromatic carbocycles. The maximum atomic E-state index is 11.0. The zero-order chi connectivity index (χ0) is 55.5. The maximum absolute atomic E-state index is 11.0. The van der Waals surface area contributed by atoms with Gasteiger partial charge in [-0.05, 0) is 182 Å². The molecule has 0 aliphatic heterocycles. The van der Waals surface area contributed by atoms with Crippen LogP contribution in [0.4, 0.5) is 0 Å². The Labute approximate surface area is 477 Å². The van der Waals surface area contributed by atoms with Gasteiger partial charge in [0.25, 0.3) is 0 Å². The molecule has 0 bridgehead atoms. The molecule has 0 saturated carbocycles. The number of aromatic hydroxyl groups is 4. The van der Waals surface area contributed by atoms with Gasteiger partial charge < -0.3 is 20.4 Å². The quantitative estimate of drug-likeness (QED) is 0.0983. The highest BCUT2D eigenvalue weighted by Crippen LogP contribution is 2.59. The summed E-state index contributed by atoms with van der Waals surface area (Å²) in [5.41, 5.74) is 23.8. The third-order valence-electron chi connectivity index (χ3n) is 15.5. The largest absolute Gasteiger partial charge is 0.508 e. The van der Waals surface area contributed by atoms with Crippen molar-refractivity contribution in [1.29, 1.82) is 0 Å². The summed E-state index contributed by atoms with van der Waals surface area (Å²) in [5.74, 6) is 0.685. The fourth-order valence-corrected chi connectivity index (χ4v) is 11.9. The Balaban J connectivity index is 1.21. The Morgan fingerprint density at radius 1 is 0.110 bits per heavy atom. The summed E-state index contributed by atoms with van der Waals surface area (Å²) in [5, 5.41) is 43.6. The predicted molar refractivity (Wildman–Crippen MR) is 338 cm³/mol. The number of phenolic OH excluding ortho intramolecular Hbond substituents is 4. The van der Waals surface area contributed by atoms with Crippen LogP contribution in [0.2, 0.25) is 0 Å². The highest BCUT2D eigenvalue weighted by molar-refractivity contribution is 6.17. The van der Waals surface area contributed by atoms with Gasteiger partial charge in [0.15, 0.2) is 0 Å². The van der Waals surface area contributed by atoms with Gasteiger partial charge in [-0.25, -0.2) is 0 Å². The molecule has 0 radical (unpaired) electrons.